The minimum atomic E-state index is -1.29. The van der Waals surface area contributed by atoms with Gasteiger partial charge in [0.05, 0.1) is 6.61 Å². The average molecular weight is 634 g/mol. The number of hydrogen-bond acceptors (Lipinski definition) is 5. The fraction of sp³-hybridized carbons (Fsp3) is 0.212. The van der Waals surface area contributed by atoms with Crippen LogP contribution in [0.15, 0.2) is 113 Å². The van der Waals surface area contributed by atoms with Crippen LogP contribution in [0.5, 0.6) is 5.75 Å². The Labute approximate surface area is 253 Å². The van der Waals surface area contributed by atoms with E-state index in [0.717, 1.165) is 26.7 Å². The summed E-state index contributed by atoms with van der Waals surface area (Å²) in [5, 5.41) is 12.7. The Kier molecular flexibility index (Phi) is 9.39. The average Bonchev–Trinajstić information content (AvgIpc) is 3.39. The molecular formula is C33H30BrClN2O4. The molecule has 0 bridgehead atoms. The Hall–Kier alpha value is -3.65. The lowest BCUT2D eigenvalue weighted by Gasteiger charge is -2.31. The zero-order chi connectivity index (χ0) is 28.7. The molecule has 210 valence electrons. The van der Waals surface area contributed by atoms with E-state index in [1.54, 1.807) is 6.07 Å². The standard InChI is InChI=1S/C33H30BrClN2O4/c34-27-15-11-23(12-16-27)21-33(32(39)36-22-26-9-4-5-10-29(26)35)30(24-7-2-1-3-8-24)41-31(37-33)25-13-17-28(18-14-25)40-20-6-19-38/h1-5,7-18,30,38H,6,19-22H2,(H,36,39)/t30-,33-/m1/s1. The highest BCUT2D eigenvalue weighted by molar-refractivity contribution is 9.10. The molecule has 8 heteroatoms. The molecule has 0 fully saturated rings. The van der Waals surface area contributed by atoms with Crippen molar-refractivity contribution >= 4 is 39.3 Å². The van der Waals surface area contributed by atoms with Crippen LogP contribution in [-0.4, -0.2) is 35.7 Å². The third-order valence-corrected chi connectivity index (χ3v) is 7.81. The lowest BCUT2D eigenvalue weighted by molar-refractivity contribution is -0.129. The van der Waals surface area contributed by atoms with Crippen LogP contribution in [-0.2, 0) is 22.5 Å². The van der Waals surface area contributed by atoms with Crippen molar-refractivity contribution < 1.29 is 19.4 Å². The molecule has 2 N–H and O–H groups in total. The van der Waals surface area contributed by atoms with Crippen molar-refractivity contribution in [1.29, 1.82) is 0 Å². The second kappa shape index (κ2) is 13.3. The summed E-state index contributed by atoms with van der Waals surface area (Å²) < 4.78 is 13.2. The van der Waals surface area contributed by atoms with Crippen LogP contribution < -0.4 is 10.1 Å². The molecule has 4 aromatic carbocycles. The second-order valence-corrected chi connectivity index (χ2v) is 11.1. The third-order valence-electron chi connectivity index (χ3n) is 6.92. The zero-order valence-electron chi connectivity index (χ0n) is 22.3. The number of halogens is 2. The molecular weight excluding hydrogens is 604 g/mol. The molecule has 4 aromatic rings. The number of carbonyl (C=O) groups is 1. The van der Waals surface area contributed by atoms with E-state index >= 15 is 0 Å². The smallest absolute Gasteiger partial charge is 0.252 e. The first-order valence-electron chi connectivity index (χ1n) is 13.4. The molecule has 0 radical (unpaired) electrons. The molecule has 0 spiro atoms. The highest BCUT2D eigenvalue weighted by Gasteiger charge is 2.53. The number of carbonyl (C=O) groups excluding carboxylic acids is 1. The summed E-state index contributed by atoms with van der Waals surface area (Å²) in [5.41, 5.74) is 2.06. The molecule has 0 saturated carbocycles. The first-order chi connectivity index (χ1) is 20.0. The molecule has 0 aliphatic carbocycles. The van der Waals surface area contributed by atoms with Gasteiger partial charge in [-0.2, -0.15) is 0 Å². The summed E-state index contributed by atoms with van der Waals surface area (Å²) in [6.45, 7) is 0.751. The molecule has 41 heavy (non-hydrogen) atoms. The van der Waals surface area contributed by atoms with Gasteiger partial charge in [0.2, 0.25) is 5.90 Å². The highest BCUT2D eigenvalue weighted by atomic mass is 79.9. The molecule has 1 heterocycles. The predicted octanol–water partition coefficient (Wildman–Crippen LogP) is 6.68. The third kappa shape index (κ3) is 6.81. The Morgan fingerprint density at radius 3 is 2.39 bits per heavy atom. The number of rotatable bonds is 11. The van der Waals surface area contributed by atoms with Gasteiger partial charge in [0.15, 0.2) is 11.6 Å². The maximum atomic E-state index is 14.3. The number of nitrogens with zero attached hydrogens (tertiary/aromatic N) is 1. The fourth-order valence-corrected chi connectivity index (χ4v) is 5.26. The van der Waals surface area contributed by atoms with Crippen LogP contribution in [0.4, 0.5) is 0 Å². The van der Waals surface area contributed by atoms with Gasteiger partial charge in [-0.3, -0.25) is 4.79 Å². The molecule has 5 rings (SSSR count). The largest absolute Gasteiger partial charge is 0.494 e. The molecule has 0 aromatic heterocycles. The summed E-state index contributed by atoms with van der Waals surface area (Å²) >= 11 is 9.90. The number of amides is 1. The monoisotopic (exact) mass is 632 g/mol. The maximum absolute atomic E-state index is 14.3. The van der Waals surface area contributed by atoms with Crippen LogP contribution in [0.2, 0.25) is 5.02 Å². The predicted molar refractivity (Wildman–Crippen MR) is 164 cm³/mol. The fourth-order valence-electron chi connectivity index (χ4n) is 4.79. The summed E-state index contributed by atoms with van der Waals surface area (Å²) in [7, 11) is 0. The topological polar surface area (TPSA) is 80.2 Å². The SMILES string of the molecule is O=C(NCc1ccccc1Cl)[C@]1(Cc2ccc(Br)cc2)N=C(c2ccc(OCCCO)cc2)O[C@@H]1c1ccccc1. The minimum Gasteiger partial charge on any atom is -0.494 e. The molecule has 2 atom stereocenters. The van der Waals surface area contributed by atoms with Gasteiger partial charge >= 0.3 is 0 Å². The maximum Gasteiger partial charge on any atom is 0.252 e. The van der Waals surface area contributed by atoms with E-state index in [1.807, 2.05) is 97.1 Å². The summed E-state index contributed by atoms with van der Waals surface area (Å²) in [6.07, 6.45) is 0.201. The molecule has 1 aliphatic rings. The highest BCUT2D eigenvalue weighted by Crippen LogP contribution is 2.42. The Morgan fingerprint density at radius 2 is 1.68 bits per heavy atom. The van der Waals surface area contributed by atoms with E-state index < -0.39 is 11.6 Å². The van der Waals surface area contributed by atoms with Crippen molar-refractivity contribution in [2.45, 2.75) is 31.0 Å². The van der Waals surface area contributed by atoms with E-state index in [1.165, 1.54) is 0 Å². The number of hydrogen-bond donors (Lipinski definition) is 2. The lowest BCUT2D eigenvalue weighted by Crippen LogP contribution is -2.49. The number of benzene rings is 4. The van der Waals surface area contributed by atoms with Crippen molar-refractivity contribution in [3.8, 4) is 5.75 Å². The Balaban J connectivity index is 1.54. The van der Waals surface area contributed by atoms with Gasteiger partial charge in [-0.25, -0.2) is 4.99 Å². The summed E-state index contributed by atoms with van der Waals surface area (Å²) in [5.74, 6) is 0.804. The first kappa shape index (κ1) is 28.9. The van der Waals surface area contributed by atoms with Crippen LogP contribution in [0.3, 0.4) is 0 Å². The van der Waals surface area contributed by atoms with Crippen LogP contribution in [0.25, 0.3) is 0 Å². The number of ether oxygens (including phenoxy) is 2. The molecule has 0 unspecified atom stereocenters. The summed E-state index contributed by atoms with van der Waals surface area (Å²) in [6, 6.07) is 32.5. The zero-order valence-corrected chi connectivity index (χ0v) is 24.6. The Bertz CT molecular complexity index is 1500. The quantitative estimate of drug-likeness (QED) is 0.181. The van der Waals surface area contributed by atoms with Gasteiger partial charge in [-0.05, 0) is 59.2 Å². The summed E-state index contributed by atoms with van der Waals surface area (Å²) in [4.78, 5) is 19.4. The lowest BCUT2D eigenvalue weighted by atomic mass is 9.82. The number of aliphatic hydroxyl groups is 1. The molecule has 0 saturated heterocycles. The van der Waals surface area contributed by atoms with Crippen molar-refractivity contribution in [2.75, 3.05) is 13.2 Å². The van der Waals surface area contributed by atoms with E-state index in [2.05, 4.69) is 21.2 Å². The van der Waals surface area contributed by atoms with Crippen LogP contribution in [0.1, 0.15) is 34.8 Å². The number of nitrogens with one attached hydrogen (secondary N) is 1. The number of aliphatic imine (C=N–C) groups is 1. The second-order valence-electron chi connectivity index (χ2n) is 9.78. The number of aliphatic hydroxyl groups excluding tert-OH is 1. The van der Waals surface area contributed by atoms with Crippen molar-refractivity contribution in [1.82, 2.24) is 5.32 Å². The van der Waals surface area contributed by atoms with Crippen LogP contribution in [0, 0.1) is 0 Å². The molecule has 1 aliphatic heterocycles. The van der Waals surface area contributed by atoms with Gasteiger partial charge < -0.3 is 19.9 Å². The van der Waals surface area contributed by atoms with Crippen molar-refractivity contribution in [3.05, 3.63) is 135 Å². The van der Waals surface area contributed by atoms with Gasteiger partial charge in [0.1, 0.15) is 5.75 Å². The van der Waals surface area contributed by atoms with Gasteiger partial charge in [-0.1, -0.05) is 88.2 Å². The van der Waals surface area contributed by atoms with E-state index in [-0.39, 0.29) is 19.1 Å². The van der Waals surface area contributed by atoms with Gasteiger partial charge in [0.25, 0.3) is 5.91 Å². The Morgan fingerprint density at radius 1 is 0.976 bits per heavy atom. The first-order valence-corrected chi connectivity index (χ1v) is 14.6. The molecule has 1 amide bonds. The normalized spacial score (nSPS) is 17.9. The van der Waals surface area contributed by atoms with E-state index in [0.29, 0.717) is 36.1 Å². The van der Waals surface area contributed by atoms with Gasteiger partial charge in [0, 0.05) is 41.1 Å². The van der Waals surface area contributed by atoms with E-state index in [9.17, 15) is 4.79 Å². The van der Waals surface area contributed by atoms with E-state index in [4.69, 9.17) is 31.2 Å². The minimum absolute atomic E-state index is 0.0720. The van der Waals surface area contributed by atoms with Gasteiger partial charge in [-0.15, -0.1) is 0 Å². The van der Waals surface area contributed by atoms with Crippen molar-refractivity contribution in [2.24, 2.45) is 4.99 Å². The van der Waals surface area contributed by atoms with Crippen LogP contribution >= 0.6 is 27.5 Å². The molecule has 6 nitrogen and oxygen atoms in total. The van der Waals surface area contributed by atoms with Crippen molar-refractivity contribution in [3.63, 3.8) is 0 Å².